The predicted molar refractivity (Wildman–Crippen MR) is 91.0 cm³/mol. The van der Waals surface area contributed by atoms with Crippen LogP contribution in [0.4, 0.5) is 0 Å². The van der Waals surface area contributed by atoms with Crippen molar-refractivity contribution in [3.8, 4) is 33.8 Å². The minimum absolute atomic E-state index is 0.127. The van der Waals surface area contributed by atoms with Crippen LogP contribution >= 0.6 is 0 Å². The number of nitrogens with zero attached hydrogens (tertiary/aromatic N) is 2. The molecule has 0 fully saturated rings. The Morgan fingerprint density at radius 1 is 0.667 bits per heavy atom. The van der Waals surface area contributed by atoms with E-state index in [9.17, 15) is 0 Å². The zero-order valence-electron chi connectivity index (χ0n) is 13.5. The third kappa shape index (κ3) is 1.74. The van der Waals surface area contributed by atoms with Crippen molar-refractivity contribution in [1.82, 2.24) is 10.2 Å². The van der Waals surface area contributed by atoms with Crippen LogP contribution in [0.3, 0.4) is 0 Å². The number of para-hydroxylation sites is 2. The van der Waals surface area contributed by atoms with E-state index in [1.165, 1.54) is 0 Å². The number of aromatic nitrogens is 2. The summed E-state index contributed by atoms with van der Waals surface area (Å²) >= 11 is 0. The summed E-state index contributed by atoms with van der Waals surface area (Å²) in [5.74, 6) is 1.79. The molecule has 0 saturated heterocycles. The lowest BCUT2D eigenvalue weighted by molar-refractivity contribution is 0.207. The van der Waals surface area contributed by atoms with Gasteiger partial charge in [0, 0.05) is 22.3 Å². The summed E-state index contributed by atoms with van der Waals surface area (Å²) in [7, 11) is 0. The number of hydrogen-bond acceptors (Lipinski definition) is 4. The Morgan fingerprint density at radius 3 is 1.54 bits per heavy atom. The van der Waals surface area contributed by atoms with Gasteiger partial charge in [0.05, 0.1) is 0 Å². The van der Waals surface area contributed by atoms with Crippen molar-refractivity contribution in [2.24, 2.45) is 0 Å². The zero-order valence-corrected chi connectivity index (χ0v) is 13.5. The fourth-order valence-corrected chi connectivity index (χ4v) is 3.62. The molecule has 0 spiro atoms. The molecule has 0 radical (unpaired) electrons. The second-order valence-electron chi connectivity index (χ2n) is 6.23. The summed E-state index contributed by atoms with van der Waals surface area (Å²) in [5, 5.41) is 8.96. The van der Waals surface area contributed by atoms with Crippen LogP contribution in [0.15, 0.2) is 48.5 Å². The van der Waals surface area contributed by atoms with Crippen molar-refractivity contribution < 1.29 is 9.47 Å². The molecule has 0 amide bonds. The second-order valence-corrected chi connectivity index (χ2v) is 6.23. The largest absolute Gasteiger partial charge is 0.484 e. The van der Waals surface area contributed by atoms with Crippen molar-refractivity contribution in [1.29, 1.82) is 0 Å². The summed E-state index contributed by atoms with van der Waals surface area (Å²) in [6.07, 6.45) is -0.254. The van der Waals surface area contributed by atoms with Crippen molar-refractivity contribution >= 4 is 0 Å². The topological polar surface area (TPSA) is 44.2 Å². The lowest BCUT2D eigenvalue weighted by Gasteiger charge is -2.31. The second kappa shape index (κ2) is 4.81. The van der Waals surface area contributed by atoms with Crippen LogP contribution in [0.2, 0.25) is 0 Å². The van der Waals surface area contributed by atoms with Gasteiger partial charge in [0.1, 0.15) is 35.1 Å². The van der Waals surface area contributed by atoms with Gasteiger partial charge in [-0.3, -0.25) is 0 Å². The molecule has 3 aromatic rings. The number of hydrogen-bond donors (Lipinski definition) is 0. The van der Waals surface area contributed by atoms with E-state index in [1.807, 2.05) is 50.2 Å². The third-order valence-corrected chi connectivity index (χ3v) is 4.72. The molecular formula is C20H16N2O2. The van der Waals surface area contributed by atoms with Crippen LogP contribution in [0.5, 0.6) is 11.5 Å². The van der Waals surface area contributed by atoms with Gasteiger partial charge >= 0.3 is 0 Å². The molecule has 24 heavy (non-hydrogen) atoms. The van der Waals surface area contributed by atoms with Crippen LogP contribution in [0.1, 0.15) is 37.4 Å². The number of rotatable bonds is 0. The van der Waals surface area contributed by atoms with Crippen molar-refractivity contribution in [2.75, 3.05) is 0 Å². The highest BCUT2D eigenvalue weighted by Gasteiger charge is 2.34. The average Bonchev–Trinajstić information content (AvgIpc) is 2.61. The molecule has 1 aromatic heterocycles. The van der Waals surface area contributed by atoms with Crippen LogP contribution in [-0.4, -0.2) is 10.2 Å². The first-order valence-electron chi connectivity index (χ1n) is 8.16. The van der Waals surface area contributed by atoms with Crippen LogP contribution in [-0.2, 0) is 0 Å². The summed E-state index contributed by atoms with van der Waals surface area (Å²) in [6.45, 7) is 4.04. The van der Waals surface area contributed by atoms with Gasteiger partial charge in [0.15, 0.2) is 0 Å². The summed E-state index contributed by atoms with van der Waals surface area (Å²) < 4.78 is 12.1. The van der Waals surface area contributed by atoms with Gasteiger partial charge in [-0.15, -0.1) is 0 Å². The Labute approximate surface area is 140 Å². The van der Waals surface area contributed by atoms with Gasteiger partial charge in [-0.1, -0.05) is 36.4 Å². The van der Waals surface area contributed by atoms with E-state index in [2.05, 4.69) is 22.3 Å². The van der Waals surface area contributed by atoms with E-state index >= 15 is 0 Å². The molecule has 0 saturated carbocycles. The Morgan fingerprint density at radius 2 is 1.08 bits per heavy atom. The highest BCUT2D eigenvalue weighted by molar-refractivity contribution is 5.92. The minimum Gasteiger partial charge on any atom is -0.484 e. The summed E-state index contributed by atoms with van der Waals surface area (Å²) in [5.41, 5.74) is 6.16. The quantitative estimate of drug-likeness (QED) is 0.602. The zero-order chi connectivity index (χ0) is 16.3. The Kier molecular flexibility index (Phi) is 2.71. The van der Waals surface area contributed by atoms with Gasteiger partial charge < -0.3 is 9.47 Å². The lowest BCUT2D eigenvalue weighted by Crippen LogP contribution is -2.20. The van der Waals surface area contributed by atoms with E-state index < -0.39 is 0 Å². The molecule has 2 aromatic carbocycles. The molecule has 0 bridgehead atoms. The maximum absolute atomic E-state index is 6.03. The molecular weight excluding hydrogens is 300 g/mol. The van der Waals surface area contributed by atoms with E-state index in [0.29, 0.717) is 0 Å². The molecule has 4 nitrogen and oxygen atoms in total. The summed E-state index contributed by atoms with van der Waals surface area (Å²) in [6, 6.07) is 16.3. The average molecular weight is 316 g/mol. The first-order valence-corrected chi connectivity index (χ1v) is 8.16. The monoisotopic (exact) mass is 316 g/mol. The van der Waals surface area contributed by atoms with E-state index in [0.717, 1.165) is 45.1 Å². The molecule has 2 unspecified atom stereocenters. The van der Waals surface area contributed by atoms with Crippen molar-refractivity contribution in [2.45, 2.75) is 26.1 Å². The van der Waals surface area contributed by atoms with Crippen LogP contribution in [0, 0.1) is 0 Å². The number of fused-ring (bicyclic) bond motifs is 7. The highest BCUT2D eigenvalue weighted by Crippen LogP contribution is 2.51. The molecule has 0 N–H and O–H groups in total. The maximum atomic E-state index is 6.03. The normalized spacial score (nSPS) is 19.9. The van der Waals surface area contributed by atoms with Crippen LogP contribution < -0.4 is 9.47 Å². The molecule has 5 rings (SSSR count). The fraction of sp³-hybridized carbons (Fsp3) is 0.200. The molecule has 2 aliphatic heterocycles. The Hall–Kier alpha value is -2.88. The molecule has 3 heterocycles. The first-order chi connectivity index (χ1) is 11.7. The summed E-state index contributed by atoms with van der Waals surface area (Å²) in [4.78, 5) is 0. The van der Waals surface area contributed by atoms with Crippen molar-refractivity contribution in [3.63, 3.8) is 0 Å². The SMILES string of the molecule is CC1Oc2ccccc2-c2c1nnc1c2-c2ccccc2OC1C. The van der Waals surface area contributed by atoms with Gasteiger partial charge in [0.25, 0.3) is 0 Å². The standard InChI is InChI=1S/C20H16N2O2/c1-11-19-17(13-7-3-5-9-15(13)23-11)18-14-8-4-6-10-16(14)24-12(2)20(18)22-21-19/h3-12H,1-2H3. The van der Waals surface area contributed by atoms with Gasteiger partial charge in [-0.05, 0) is 26.0 Å². The van der Waals surface area contributed by atoms with Gasteiger partial charge in [-0.25, -0.2) is 0 Å². The fourth-order valence-electron chi connectivity index (χ4n) is 3.62. The third-order valence-electron chi connectivity index (χ3n) is 4.72. The van der Waals surface area contributed by atoms with Crippen LogP contribution in [0.25, 0.3) is 22.3 Å². The Balaban J connectivity index is 1.91. The predicted octanol–water partition coefficient (Wildman–Crippen LogP) is 4.72. The maximum Gasteiger partial charge on any atom is 0.140 e. The lowest BCUT2D eigenvalue weighted by atomic mass is 9.86. The van der Waals surface area contributed by atoms with Gasteiger partial charge in [0.2, 0.25) is 0 Å². The first kappa shape index (κ1) is 13.5. The van der Waals surface area contributed by atoms with E-state index in [4.69, 9.17) is 9.47 Å². The molecule has 118 valence electrons. The molecule has 2 atom stereocenters. The minimum atomic E-state index is -0.127. The smallest absolute Gasteiger partial charge is 0.140 e. The molecule has 2 aliphatic rings. The van der Waals surface area contributed by atoms with Crippen molar-refractivity contribution in [3.05, 3.63) is 59.9 Å². The number of benzene rings is 2. The number of ether oxygens (including phenoxy) is 2. The Bertz CT molecular complexity index is 889. The van der Waals surface area contributed by atoms with E-state index in [1.54, 1.807) is 0 Å². The van der Waals surface area contributed by atoms with E-state index in [-0.39, 0.29) is 12.2 Å². The molecule has 4 heteroatoms. The molecule has 0 aliphatic carbocycles. The van der Waals surface area contributed by atoms with Gasteiger partial charge in [-0.2, -0.15) is 10.2 Å². The highest BCUT2D eigenvalue weighted by atomic mass is 16.5.